The fraction of sp³-hybridized carbons (Fsp3) is 0.367. The van der Waals surface area contributed by atoms with Crippen molar-refractivity contribution in [2.45, 2.75) is 19.1 Å². The molecule has 0 bridgehead atoms. The second-order valence-electron chi connectivity index (χ2n) is 10.6. The van der Waals surface area contributed by atoms with E-state index in [4.69, 9.17) is 0 Å². The van der Waals surface area contributed by atoms with E-state index in [9.17, 15) is 22.4 Å². The van der Waals surface area contributed by atoms with E-state index in [2.05, 4.69) is 20.4 Å². The van der Waals surface area contributed by atoms with Gasteiger partial charge < -0.3 is 25.3 Å². The van der Waals surface area contributed by atoms with Crippen LogP contribution < -0.4 is 20.4 Å². The summed E-state index contributed by atoms with van der Waals surface area (Å²) in [5.74, 6) is -2.68. The Bertz CT molecular complexity index is 1410. The number of alkyl halides is 3. The molecule has 3 aromatic rings. The molecule has 1 unspecified atom stereocenters. The number of anilines is 3. The van der Waals surface area contributed by atoms with Crippen molar-refractivity contribution < 1.29 is 26.7 Å². The van der Waals surface area contributed by atoms with E-state index in [0.717, 1.165) is 44.0 Å². The lowest BCUT2D eigenvalue weighted by atomic mass is 10.0. The van der Waals surface area contributed by atoms with Crippen molar-refractivity contribution in [2.75, 3.05) is 68.0 Å². The molecule has 11 heteroatoms. The maximum Gasteiger partial charge on any atom is 0.417 e. The number of likely N-dealkylation sites (N-methyl/N-ethyl adjacent to an activating group) is 1. The standard InChI is InChI=1S/C30H32F5N5O/c1-19-18-40(14-13-38(19)2)28-17-26(32)24(20-3-6-22(7-4-20)39-11-9-36-10-12-39)16-27(28)37-29(41)23-8-5-21(31)15-25(23)30(33,34)35/h3-8,15-17,19,36H,9-14,18H2,1-2H3,(H,37,41). The van der Waals surface area contributed by atoms with E-state index in [1.165, 1.54) is 12.1 Å². The first-order valence-electron chi connectivity index (χ1n) is 13.5. The van der Waals surface area contributed by atoms with Crippen molar-refractivity contribution in [3.05, 3.63) is 77.4 Å². The molecular formula is C30H32F5N5O. The summed E-state index contributed by atoms with van der Waals surface area (Å²) in [7, 11) is 1.98. The Kier molecular flexibility index (Phi) is 8.19. The van der Waals surface area contributed by atoms with Crippen molar-refractivity contribution in [1.82, 2.24) is 10.2 Å². The Labute approximate surface area is 235 Å². The Morgan fingerprint density at radius 3 is 2.29 bits per heavy atom. The van der Waals surface area contributed by atoms with Gasteiger partial charge in [0.05, 0.1) is 22.5 Å². The summed E-state index contributed by atoms with van der Waals surface area (Å²) in [5.41, 5.74) is 0.210. The predicted molar refractivity (Wildman–Crippen MR) is 151 cm³/mol. The number of carbonyl (C=O) groups excluding carboxylic acids is 1. The molecular weight excluding hydrogens is 541 g/mol. The van der Waals surface area contributed by atoms with Gasteiger partial charge in [0.25, 0.3) is 5.91 Å². The summed E-state index contributed by atoms with van der Waals surface area (Å²) in [5, 5.41) is 5.89. The monoisotopic (exact) mass is 573 g/mol. The molecule has 0 spiro atoms. The SMILES string of the molecule is CC1CN(c2cc(F)c(-c3ccc(N4CCNCC4)cc3)cc2NC(=O)c2ccc(F)cc2C(F)(F)F)CCN1C. The van der Waals surface area contributed by atoms with Gasteiger partial charge in [-0.05, 0) is 62.0 Å². The molecule has 1 amide bonds. The zero-order chi connectivity index (χ0) is 29.3. The second-order valence-corrected chi connectivity index (χ2v) is 10.6. The number of hydrogen-bond acceptors (Lipinski definition) is 5. The van der Waals surface area contributed by atoms with Gasteiger partial charge in [0.2, 0.25) is 0 Å². The third-order valence-corrected chi connectivity index (χ3v) is 7.83. The van der Waals surface area contributed by atoms with E-state index in [0.29, 0.717) is 37.0 Å². The fourth-order valence-electron chi connectivity index (χ4n) is 5.33. The number of benzene rings is 3. The number of carbonyl (C=O) groups is 1. The minimum atomic E-state index is -4.94. The quantitative estimate of drug-likeness (QED) is 0.398. The van der Waals surface area contributed by atoms with Crippen LogP contribution in [-0.2, 0) is 6.18 Å². The summed E-state index contributed by atoms with van der Waals surface area (Å²) in [4.78, 5) is 19.5. The van der Waals surface area contributed by atoms with Crippen molar-refractivity contribution >= 4 is 23.0 Å². The zero-order valence-corrected chi connectivity index (χ0v) is 22.9. The van der Waals surface area contributed by atoms with E-state index >= 15 is 4.39 Å². The maximum absolute atomic E-state index is 15.7. The largest absolute Gasteiger partial charge is 0.417 e. The molecule has 2 heterocycles. The molecule has 2 aliphatic heterocycles. The van der Waals surface area contributed by atoms with Gasteiger partial charge in [0.15, 0.2) is 0 Å². The lowest BCUT2D eigenvalue weighted by Crippen LogP contribution is -2.50. The van der Waals surface area contributed by atoms with Gasteiger partial charge in [0, 0.05) is 63.1 Å². The zero-order valence-electron chi connectivity index (χ0n) is 22.9. The lowest BCUT2D eigenvalue weighted by Gasteiger charge is -2.39. The number of halogens is 5. The van der Waals surface area contributed by atoms with Crippen molar-refractivity contribution in [2.24, 2.45) is 0 Å². The average molecular weight is 574 g/mol. The lowest BCUT2D eigenvalue weighted by molar-refractivity contribution is -0.138. The number of nitrogens with one attached hydrogen (secondary N) is 2. The number of rotatable bonds is 5. The molecule has 2 fully saturated rings. The number of nitrogens with zero attached hydrogens (tertiary/aromatic N) is 3. The first-order valence-corrected chi connectivity index (χ1v) is 13.5. The van der Waals surface area contributed by atoms with Crippen LogP contribution in [0.1, 0.15) is 22.8 Å². The van der Waals surface area contributed by atoms with Crippen LogP contribution in [0, 0.1) is 11.6 Å². The molecule has 6 nitrogen and oxygen atoms in total. The van der Waals surface area contributed by atoms with E-state index < -0.39 is 34.8 Å². The molecule has 0 aromatic heterocycles. The maximum atomic E-state index is 15.7. The topological polar surface area (TPSA) is 50.9 Å². The van der Waals surface area contributed by atoms with Gasteiger partial charge in [-0.15, -0.1) is 0 Å². The highest BCUT2D eigenvalue weighted by Gasteiger charge is 2.36. The smallest absolute Gasteiger partial charge is 0.369 e. The van der Waals surface area contributed by atoms with E-state index in [1.807, 2.05) is 31.0 Å². The van der Waals surface area contributed by atoms with Crippen LogP contribution in [0.5, 0.6) is 0 Å². The first kappa shape index (κ1) is 28.8. The minimum absolute atomic E-state index is 0.126. The average Bonchev–Trinajstić information content (AvgIpc) is 2.95. The van der Waals surface area contributed by atoms with Crippen molar-refractivity contribution in [3.8, 4) is 11.1 Å². The van der Waals surface area contributed by atoms with Crippen LogP contribution in [0.2, 0.25) is 0 Å². The molecule has 1 atom stereocenters. The Morgan fingerprint density at radius 1 is 0.927 bits per heavy atom. The van der Waals surface area contributed by atoms with Gasteiger partial charge in [-0.3, -0.25) is 4.79 Å². The summed E-state index contributed by atoms with van der Waals surface area (Å²) in [6.07, 6.45) is -4.94. The van der Waals surface area contributed by atoms with Gasteiger partial charge >= 0.3 is 6.18 Å². The molecule has 41 heavy (non-hydrogen) atoms. The molecule has 2 saturated heterocycles. The minimum Gasteiger partial charge on any atom is -0.369 e. The molecule has 0 radical (unpaired) electrons. The number of amides is 1. The fourth-order valence-corrected chi connectivity index (χ4v) is 5.33. The normalized spacial score (nSPS) is 18.5. The van der Waals surface area contributed by atoms with Gasteiger partial charge in [0.1, 0.15) is 11.6 Å². The number of piperazine rings is 2. The summed E-state index contributed by atoms with van der Waals surface area (Å²) in [6.45, 7) is 7.21. The van der Waals surface area contributed by atoms with Crippen molar-refractivity contribution in [3.63, 3.8) is 0 Å². The summed E-state index contributed by atoms with van der Waals surface area (Å²) >= 11 is 0. The molecule has 2 N–H and O–H groups in total. The van der Waals surface area contributed by atoms with Crippen LogP contribution in [0.3, 0.4) is 0 Å². The molecule has 0 aliphatic carbocycles. The highest BCUT2D eigenvalue weighted by molar-refractivity contribution is 6.07. The highest BCUT2D eigenvalue weighted by atomic mass is 19.4. The highest BCUT2D eigenvalue weighted by Crippen LogP contribution is 2.37. The Hall–Kier alpha value is -3.70. The molecule has 0 saturated carbocycles. The van der Waals surface area contributed by atoms with Crippen molar-refractivity contribution in [1.29, 1.82) is 0 Å². The Balaban J connectivity index is 1.52. The third kappa shape index (κ3) is 6.31. The Morgan fingerprint density at radius 2 is 1.63 bits per heavy atom. The molecule has 5 rings (SSSR count). The third-order valence-electron chi connectivity index (χ3n) is 7.83. The summed E-state index contributed by atoms with van der Waals surface area (Å²) < 4.78 is 70.4. The predicted octanol–water partition coefficient (Wildman–Crippen LogP) is 5.45. The van der Waals surface area contributed by atoms with Crippen LogP contribution >= 0.6 is 0 Å². The molecule has 218 valence electrons. The molecule has 3 aromatic carbocycles. The summed E-state index contributed by atoms with van der Waals surface area (Å²) in [6, 6.07) is 12.2. The van der Waals surface area contributed by atoms with Crippen LogP contribution in [-0.4, -0.2) is 69.7 Å². The van der Waals surface area contributed by atoms with Crippen LogP contribution in [0.15, 0.2) is 54.6 Å². The van der Waals surface area contributed by atoms with E-state index in [-0.39, 0.29) is 17.3 Å². The van der Waals surface area contributed by atoms with Crippen LogP contribution in [0.4, 0.5) is 39.0 Å². The molecule has 2 aliphatic rings. The van der Waals surface area contributed by atoms with Gasteiger partial charge in [-0.2, -0.15) is 13.2 Å². The first-order chi connectivity index (χ1) is 19.5. The second kappa shape index (κ2) is 11.7. The van der Waals surface area contributed by atoms with Gasteiger partial charge in [-0.25, -0.2) is 8.78 Å². The van der Waals surface area contributed by atoms with E-state index in [1.54, 1.807) is 12.1 Å². The number of hydrogen-bond donors (Lipinski definition) is 2. The van der Waals surface area contributed by atoms with Gasteiger partial charge in [-0.1, -0.05) is 12.1 Å². The van der Waals surface area contributed by atoms with Crippen LogP contribution in [0.25, 0.3) is 11.1 Å².